The van der Waals surface area contributed by atoms with Crippen LogP contribution in [0.25, 0.3) is 0 Å². The summed E-state index contributed by atoms with van der Waals surface area (Å²) in [6.45, 7) is 3.63. The molecule has 2 atom stereocenters. The van der Waals surface area contributed by atoms with Gasteiger partial charge in [0.1, 0.15) is 12.9 Å². The van der Waals surface area contributed by atoms with Crippen molar-refractivity contribution in [3.8, 4) is 0 Å². The van der Waals surface area contributed by atoms with Crippen LogP contribution in [0.5, 0.6) is 0 Å². The number of aliphatic hydroxyl groups excluding tert-OH is 1. The molecule has 2 rings (SSSR count). The molecule has 27 heavy (non-hydrogen) atoms. The van der Waals surface area contributed by atoms with Crippen LogP contribution in [0.4, 0.5) is 9.18 Å². The number of hydrogen-bond acceptors (Lipinski definition) is 6. The summed E-state index contributed by atoms with van der Waals surface area (Å²) in [6, 6.07) is 1.61. The number of amides is 1. The summed E-state index contributed by atoms with van der Waals surface area (Å²) in [7, 11) is 1.00. The van der Waals surface area contributed by atoms with Gasteiger partial charge in [0, 0.05) is 38.4 Å². The van der Waals surface area contributed by atoms with Crippen molar-refractivity contribution in [3.63, 3.8) is 0 Å². The average molecular weight is 405 g/mol. The van der Waals surface area contributed by atoms with E-state index in [0.29, 0.717) is 43.1 Å². The quantitative estimate of drug-likeness (QED) is 0.427. The summed E-state index contributed by atoms with van der Waals surface area (Å²) in [5.41, 5.74) is 0.497. The molecule has 0 spiro atoms. The fraction of sp³-hybridized carbons (Fsp3) is 0.611. The highest BCUT2D eigenvalue weighted by Gasteiger charge is 2.32. The molecule has 0 radical (unpaired) electrons. The Kier molecular flexibility index (Phi) is 10.8. The van der Waals surface area contributed by atoms with Gasteiger partial charge in [0.15, 0.2) is 0 Å². The molecule has 1 fully saturated rings. The molecular formula is C18H26ClFN2O5. The minimum Gasteiger partial charge on any atom is -0.447 e. The van der Waals surface area contributed by atoms with Gasteiger partial charge < -0.3 is 24.3 Å². The summed E-state index contributed by atoms with van der Waals surface area (Å²) in [4.78, 5) is 27.5. The number of piperidine rings is 1. The van der Waals surface area contributed by atoms with Crippen LogP contribution in [0.3, 0.4) is 0 Å². The highest BCUT2D eigenvalue weighted by Crippen LogP contribution is 2.34. The molecule has 152 valence electrons. The van der Waals surface area contributed by atoms with Crippen LogP contribution in [0.2, 0.25) is 5.02 Å². The second-order valence-corrected chi connectivity index (χ2v) is 6.47. The van der Waals surface area contributed by atoms with Gasteiger partial charge >= 0.3 is 6.09 Å². The Morgan fingerprint density at radius 3 is 2.85 bits per heavy atom. The van der Waals surface area contributed by atoms with Gasteiger partial charge in [0.2, 0.25) is 5.95 Å². The molecule has 0 bridgehead atoms. The van der Waals surface area contributed by atoms with Gasteiger partial charge in [0.25, 0.3) is 0 Å². The number of pyridine rings is 1. The fourth-order valence-electron chi connectivity index (χ4n) is 2.98. The lowest BCUT2D eigenvalue weighted by Gasteiger charge is -2.36. The molecule has 1 aromatic heterocycles. The number of ether oxygens (including phenoxy) is 2. The summed E-state index contributed by atoms with van der Waals surface area (Å²) < 4.78 is 24.3. The van der Waals surface area contributed by atoms with Gasteiger partial charge in [-0.3, -0.25) is 0 Å². The minimum absolute atomic E-state index is 0.0399. The smallest absolute Gasteiger partial charge is 0.409 e. The standard InChI is InChI=1S/C17H22ClFN2O4.CH4O/c1-12-11-21(17(23)25-8-7-24-6-2-5-22)4-3-14(12)15-9-13(18)10-20-16(15)19;1-2/h5,9-10,12,14H,2-4,6-8,11H2,1H3;2H,1H3. The Balaban J connectivity index is 0.00000176. The number of carbonyl (C=O) groups excluding carboxylic acids is 2. The van der Waals surface area contributed by atoms with Gasteiger partial charge in [-0.1, -0.05) is 18.5 Å². The number of likely N-dealkylation sites (tertiary alicyclic amines) is 1. The van der Waals surface area contributed by atoms with Crippen molar-refractivity contribution in [2.75, 3.05) is 40.0 Å². The van der Waals surface area contributed by atoms with E-state index in [1.807, 2.05) is 6.92 Å². The van der Waals surface area contributed by atoms with Crippen LogP contribution in [0.15, 0.2) is 12.3 Å². The van der Waals surface area contributed by atoms with Gasteiger partial charge in [-0.25, -0.2) is 9.78 Å². The molecule has 7 nitrogen and oxygen atoms in total. The second kappa shape index (κ2) is 12.6. The maximum atomic E-state index is 14.0. The minimum atomic E-state index is -0.509. The number of nitrogens with zero attached hydrogens (tertiary/aromatic N) is 2. The molecule has 1 saturated heterocycles. The molecule has 1 amide bonds. The Morgan fingerprint density at radius 2 is 2.19 bits per heavy atom. The summed E-state index contributed by atoms with van der Waals surface area (Å²) in [5.74, 6) is -0.494. The number of aromatic nitrogens is 1. The average Bonchev–Trinajstić information content (AvgIpc) is 2.68. The highest BCUT2D eigenvalue weighted by molar-refractivity contribution is 6.30. The monoisotopic (exact) mass is 404 g/mol. The van der Waals surface area contributed by atoms with Crippen LogP contribution in [0.1, 0.15) is 31.2 Å². The van der Waals surface area contributed by atoms with Crippen LogP contribution in [-0.4, -0.2) is 67.4 Å². The first-order valence-corrected chi connectivity index (χ1v) is 9.09. The van der Waals surface area contributed by atoms with Crippen molar-refractivity contribution in [1.82, 2.24) is 9.88 Å². The lowest BCUT2D eigenvalue weighted by atomic mass is 9.82. The van der Waals surface area contributed by atoms with E-state index in [1.54, 1.807) is 11.0 Å². The number of hydrogen-bond donors (Lipinski definition) is 1. The van der Waals surface area contributed by atoms with Crippen molar-refractivity contribution < 1.29 is 28.6 Å². The van der Waals surface area contributed by atoms with E-state index in [1.165, 1.54) is 6.20 Å². The molecule has 1 aliphatic rings. The van der Waals surface area contributed by atoms with Crippen molar-refractivity contribution in [1.29, 1.82) is 0 Å². The van der Waals surface area contributed by atoms with Gasteiger partial charge in [-0.05, 0) is 24.3 Å². The summed E-state index contributed by atoms with van der Waals surface area (Å²) in [6.07, 6.45) is 2.60. The molecule has 9 heteroatoms. The van der Waals surface area contributed by atoms with E-state index in [-0.39, 0.29) is 25.0 Å². The third-order valence-corrected chi connectivity index (χ3v) is 4.44. The van der Waals surface area contributed by atoms with Crippen molar-refractivity contribution in [2.45, 2.75) is 25.7 Å². The predicted octanol–water partition coefficient (Wildman–Crippen LogP) is 2.65. The molecule has 0 aliphatic carbocycles. The lowest BCUT2D eigenvalue weighted by molar-refractivity contribution is -0.108. The van der Waals surface area contributed by atoms with Crippen molar-refractivity contribution in [2.24, 2.45) is 5.92 Å². The molecule has 2 unspecified atom stereocenters. The first-order valence-electron chi connectivity index (χ1n) is 8.71. The first-order chi connectivity index (χ1) is 13.0. The first kappa shape index (κ1) is 23.3. The molecule has 0 aromatic carbocycles. The highest BCUT2D eigenvalue weighted by atomic mass is 35.5. The van der Waals surface area contributed by atoms with Gasteiger partial charge in [-0.2, -0.15) is 4.39 Å². The number of carbonyl (C=O) groups is 2. The van der Waals surface area contributed by atoms with E-state index in [0.717, 1.165) is 13.4 Å². The molecule has 2 heterocycles. The number of rotatable bonds is 7. The second-order valence-electron chi connectivity index (χ2n) is 6.03. The number of aliphatic hydroxyl groups is 1. The topological polar surface area (TPSA) is 89.0 Å². The summed E-state index contributed by atoms with van der Waals surface area (Å²) >= 11 is 5.92. The Hall–Kier alpha value is -1.77. The van der Waals surface area contributed by atoms with E-state index in [2.05, 4.69) is 4.98 Å². The molecule has 1 N–H and O–H groups in total. The van der Waals surface area contributed by atoms with E-state index >= 15 is 0 Å². The predicted molar refractivity (Wildman–Crippen MR) is 98.3 cm³/mol. The number of halogens is 2. The Bertz CT molecular complexity index is 605. The molecular weight excluding hydrogens is 379 g/mol. The van der Waals surface area contributed by atoms with Crippen LogP contribution < -0.4 is 0 Å². The third-order valence-electron chi connectivity index (χ3n) is 4.23. The Labute approximate surface area is 163 Å². The van der Waals surface area contributed by atoms with Crippen molar-refractivity contribution in [3.05, 3.63) is 28.8 Å². The maximum absolute atomic E-state index is 14.0. The van der Waals surface area contributed by atoms with Crippen LogP contribution in [0, 0.1) is 11.9 Å². The molecule has 1 aliphatic heterocycles. The number of aldehydes is 1. The maximum Gasteiger partial charge on any atom is 0.409 e. The zero-order valence-electron chi connectivity index (χ0n) is 15.6. The fourth-order valence-corrected chi connectivity index (χ4v) is 3.15. The summed E-state index contributed by atoms with van der Waals surface area (Å²) in [5, 5.41) is 7.40. The lowest BCUT2D eigenvalue weighted by Crippen LogP contribution is -2.42. The van der Waals surface area contributed by atoms with Crippen molar-refractivity contribution >= 4 is 24.0 Å². The molecule has 0 saturated carbocycles. The zero-order chi connectivity index (χ0) is 20.2. The normalized spacial score (nSPS) is 19.1. The third kappa shape index (κ3) is 7.40. The van der Waals surface area contributed by atoms with Crippen LogP contribution in [-0.2, 0) is 14.3 Å². The zero-order valence-corrected chi connectivity index (χ0v) is 16.3. The molecule has 1 aromatic rings. The van der Waals surface area contributed by atoms with Gasteiger partial charge in [0.05, 0.1) is 18.2 Å². The van der Waals surface area contributed by atoms with E-state index in [9.17, 15) is 14.0 Å². The van der Waals surface area contributed by atoms with Crippen LogP contribution >= 0.6 is 11.6 Å². The van der Waals surface area contributed by atoms with Gasteiger partial charge in [-0.15, -0.1) is 0 Å². The Morgan fingerprint density at radius 1 is 1.44 bits per heavy atom. The van der Waals surface area contributed by atoms with E-state index < -0.39 is 12.0 Å². The van der Waals surface area contributed by atoms with E-state index in [4.69, 9.17) is 26.2 Å². The largest absolute Gasteiger partial charge is 0.447 e. The SMILES string of the molecule is CC1CN(C(=O)OCCOCCC=O)CCC1c1cc(Cl)cnc1F.CO.